The summed E-state index contributed by atoms with van der Waals surface area (Å²) in [6, 6.07) is 7.57. The van der Waals surface area contributed by atoms with E-state index in [1.807, 2.05) is 24.3 Å². The predicted molar refractivity (Wildman–Crippen MR) is 86.9 cm³/mol. The number of amides is 2. The SMILES string of the molecule is COCCNC(=O)CCN(CCc1cccc(Cl)c1)C(C)=O. The van der Waals surface area contributed by atoms with Crippen LogP contribution in [0.4, 0.5) is 0 Å². The van der Waals surface area contributed by atoms with Gasteiger partial charge in [-0.05, 0) is 24.1 Å². The first-order chi connectivity index (χ1) is 10.5. The van der Waals surface area contributed by atoms with Gasteiger partial charge in [0.25, 0.3) is 0 Å². The van der Waals surface area contributed by atoms with Crippen LogP contribution in [0.15, 0.2) is 24.3 Å². The monoisotopic (exact) mass is 326 g/mol. The molecule has 122 valence electrons. The fraction of sp³-hybridized carbons (Fsp3) is 0.500. The third kappa shape index (κ3) is 7.43. The normalized spacial score (nSPS) is 10.3. The first-order valence-corrected chi connectivity index (χ1v) is 7.66. The molecule has 1 aromatic carbocycles. The largest absolute Gasteiger partial charge is 0.383 e. The third-order valence-electron chi connectivity index (χ3n) is 3.24. The Bertz CT molecular complexity index is 494. The average Bonchev–Trinajstić information content (AvgIpc) is 2.47. The summed E-state index contributed by atoms with van der Waals surface area (Å²) >= 11 is 5.94. The van der Waals surface area contributed by atoms with Gasteiger partial charge in [0.05, 0.1) is 6.61 Å². The fourth-order valence-corrected chi connectivity index (χ4v) is 2.21. The number of halogens is 1. The molecule has 6 heteroatoms. The summed E-state index contributed by atoms with van der Waals surface area (Å²) in [5.41, 5.74) is 1.07. The minimum Gasteiger partial charge on any atom is -0.383 e. The van der Waals surface area contributed by atoms with Crippen LogP contribution in [0.25, 0.3) is 0 Å². The number of benzene rings is 1. The van der Waals surface area contributed by atoms with Crippen LogP contribution in [-0.2, 0) is 20.7 Å². The summed E-state index contributed by atoms with van der Waals surface area (Å²) in [7, 11) is 1.58. The Labute approximate surface area is 136 Å². The van der Waals surface area contributed by atoms with Gasteiger partial charge in [0, 0.05) is 45.1 Å². The van der Waals surface area contributed by atoms with Gasteiger partial charge in [0.2, 0.25) is 11.8 Å². The Morgan fingerprint density at radius 2 is 2.09 bits per heavy atom. The highest BCUT2D eigenvalue weighted by atomic mass is 35.5. The van der Waals surface area contributed by atoms with Crippen molar-refractivity contribution in [3.05, 3.63) is 34.9 Å². The van der Waals surface area contributed by atoms with E-state index < -0.39 is 0 Å². The van der Waals surface area contributed by atoms with Crippen molar-refractivity contribution in [2.45, 2.75) is 19.8 Å². The van der Waals surface area contributed by atoms with Crippen molar-refractivity contribution in [3.63, 3.8) is 0 Å². The van der Waals surface area contributed by atoms with Crippen molar-refractivity contribution in [1.29, 1.82) is 0 Å². The second kappa shape index (κ2) is 10.2. The maximum absolute atomic E-state index is 11.7. The zero-order valence-corrected chi connectivity index (χ0v) is 13.9. The molecule has 0 spiro atoms. The molecular weight excluding hydrogens is 304 g/mol. The summed E-state index contributed by atoms with van der Waals surface area (Å²) in [4.78, 5) is 25.0. The molecule has 0 aromatic heterocycles. The fourth-order valence-electron chi connectivity index (χ4n) is 2.00. The number of hydrogen-bond acceptors (Lipinski definition) is 3. The average molecular weight is 327 g/mol. The number of rotatable bonds is 9. The molecule has 0 radical (unpaired) electrons. The lowest BCUT2D eigenvalue weighted by Gasteiger charge is -2.21. The molecule has 2 amide bonds. The molecular formula is C16H23ClN2O3. The lowest BCUT2D eigenvalue weighted by molar-refractivity contribution is -0.129. The number of carbonyl (C=O) groups excluding carboxylic acids is 2. The number of hydrogen-bond donors (Lipinski definition) is 1. The van der Waals surface area contributed by atoms with Crippen LogP contribution in [0.5, 0.6) is 0 Å². The summed E-state index contributed by atoms with van der Waals surface area (Å²) < 4.78 is 4.86. The van der Waals surface area contributed by atoms with E-state index in [1.165, 1.54) is 6.92 Å². The number of nitrogens with one attached hydrogen (secondary N) is 1. The first kappa shape index (κ1) is 18.5. The zero-order chi connectivity index (χ0) is 16.4. The van der Waals surface area contributed by atoms with Crippen molar-refractivity contribution in [3.8, 4) is 0 Å². The molecule has 0 aliphatic carbocycles. The number of nitrogens with zero attached hydrogens (tertiary/aromatic N) is 1. The number of carbonyl (C=O) groups is 2. The summed E-state index contributed by atoms with van der Waals surface area (Å²) in [5.74, 6) is -0.113. The standard InChI is InChI=1S/C16H23ClN2O3/c1-13(20)19(10-7-16(21)18-8-11-22-2)9-6-14-4-3-5-15(17)12-14/h3-5,12H,6-11H2,1-2H3,(H,18,21). The smallest absolute Gasteiger partial charge is 0.221 e. The Kier molecular flexibility index (Phi) is 8.55. The molecule has 0 heterocycles. The highest BCUT2D eigenvalue weighted by Crippen LogP contribution is 2.11. The lowest BCUT2D eigenvalue weighted by atomic mass is 10.1. The predicted octanol–water partition coefficient (Wildman–Crippen LogP) is 1.88. The molecule has 0 bridgehead atoms. The van der Waals surface area contributed by atoms with Crippen LogP contribution < -0.4 is 5.32 Å². The van der Waals surface area contributed by atoms with Gasteiger partial charge in [-0.25, -0.2) is 0 Å². The highest BCUT2D eigenvalue weighted by molar-refractivity contribution is 6.30. The molecule has 0 unspecified atom stereocenters. The Hall–Kier alpha value is -1.59. The van der Waals surface area contributed by atoms with Crippen molar-refractivity contribution in [2.75, 3.05) is 33.4 Å². The maximum Gasteiger partial charge on any atom is 0.221 e. The van der Waals surface area contributed by atoms with E-state index in [0.717, 1.165) is 5.56 Å². The minimum absolute atomic E-state index is 0.0354. The van der Waals surface area contributed by atoms with E-state index in [-0.39, 0.29) is 11.8 Å². The first-order valence-electron chi connectivity index (χ1n) is 7.28. The van der Waals surface area contributed by atoms with Gasteiger partial charge in [0.1, 0.15) is 0 Å². The quantitative estimate of drug-likeness (QED) is 0.705. The van der Waals surface area contributed by atoms with Crippen molar-refractivity contribution in [1.82, 2.24) is 10.2 Å². The van der Waals surface area contributed by atoms with Crippen LogP contribution in [0.1, 0.15) is 18.9 Å². The van der Waals surface area contributed by atoms with Crippen LogP contribution in [0, 0.1) is 0 Å². The summed E-state index contributed by atoms with van der Waals surface area (Å²) in [5, 5.41) is 3.42. The van der Waals surface area contributed by atoms with E-state index >= 15 is 0 Å². The summed E-state index contributed by atoms with van der Waals surface area (Å²) in [6.07, 6.45) is 1.00. The van der Waals surface area contributed by atoms with Crippen LogP contribution in [0.2, 0.25) is 5.02 Å². The molecule has 1 N–H and O–H groups in total. The Morgan fingerprint density at radius 3 is 2.73 bits per heavy atom. The van der Waals surface area contributed by atoms with E-state index in [9.17, 15) is 9.59 Å². The molecule has 1 rings (SSSR count). The molecule has 22 heavy (non-hydrogen) atoms. The molecule has 0 saturated heterocycles. The molecule has 0 fully saturated rings. The van der Waals surface area contributed by atoms with Crippen LogP contribution >= 0.6 is 11.6 Å². The lowest BCUT2D eigenvalue weighted by Crippen LogP contribution is -2.35. The van der Waals surface area contributed by atoms with Gasteiger partial charge >= 0.3 is 0 Å². The van der Waals surface area contributed by atoms with Gasteiger partial charge in [-0.15, -0.1) is 0 Å². The molecule has 0 atom stereocenters. The number of ether oxygens (including phenoxy) is 1. The zero-order valence-electron chi connectivity index (χ0n) is 13.1. The van der Waals surface area contributed by atoms with Crippen molar-refractivity contribution < 1.29 is 14.3 Å². The minimum atomic E-state index is -0.0777. The van der Waals surface area contributed by atoms with Gasteiger partial charge in [-0.2, -0.15) is 0 Å². The number of methoxy groups -OCH3 is 1. The second-order valence-electron chi connectivity index (χ2n) is 4.98. The topological polar surface area (TPSA) is 58.6 Å². The highest BCUT2D eigenvalue weighted by Gasteiger charge is 2.11. The third-order valence-corrected chi connectivity index (χ3v) is 3.48. The second-order valence-corrected chi connectivity index (χ2v) is 5.42. The van der Waals surface area contributed by atoms with E-state index in [1.54, 1.807) is 12.0 Å². The van der Waals surface area contributed by atoms with Gasteiger partial charge < -0.3 is 15.0 Å². The van der Waals surface area contributed by atoms with Crippen LogP contribution in [-0.4, -0.2) is 50.1 Å². The van der Waals surface area contributed by atoms with Gasteiger partial charge in [0.15, 0.2) is 0 Å². The van der Waals surface area contributed by atoms with Crippen LogP contribution in [0.3, 0.4) is 0 Å². The Balaban J connectivity index is 2.39. The summed E-state index contributed by atoms with van der Waals surface area (Å²) in [6.45, 7) is 3.46. The molecule has 0 saturated carbocycles. The molecule has 5 nitrogen and oxygen atoms in total. The maximum atomic E-state index is 11.7. The Morgan fingerprint density at radius 1 is 1.32 bits per heavy atom. The molecule has 1 aromatic rings. The van der Waals surface area contributed by atoms with Crippen molar-refractivity contribution in [2.24, 2.45) is 0 Å². The van der Waals surface area contributed by atoms with Gasteiger partial charge in [-0.1, -0.05) is 23.7 Å². The van der Waals surface area contributed by atoms with E-state index in [4.69, 9.17) is 16.3 Å². The molecule has 0 aliphatic heterocycles. The van der Waals surface area contributed by atoms with E-state index in [0.29, 0.717) is 44.1 Å². The molecule has 0 aliphatic rings. The van der Waals surface area contributed by atoms with E-state index in [2.05, 4.69) is 5.32 Å². The van der Waals surface area contributed by atoms with Crippen molar-refractivity contribution >= 4 is 23.4 Å². The van der Waals surface area contributed by atoms with Gasteiger partial charge in [-0.3, -0.25) is 9.59 Å².